The monoisotopic (exact) mass is 344 g/mol. The van der Waals surface area contributed by atoms with E-state index in [4.69, 9.17) is 4.98 Å². The molecule has 1 aliphatic carbocycles. The van der Waals surface area contributed by atoms with Gasteiger partial charge >= 0.3 is 0 Å². The smallest absolute Gasteiger partial charge is 0.127 e. The number of likely N-dealkylation sites (N-methyl/N-ethyl adjacent to an activating group) is 1. The number of hydrogen-bond donors (Lipinski definition) is 0. The van der Waals surface area contributed by atoms with Crippen LogP contribution in [0, 0.1) is 5.82 Å². The van der Waals surface area contributed by atoms with E-state index in [9.17, 15) is 4.39 Å². The number of nitrogens with zero attached hydrogens (tertiary/aromatic N) is 2. The van der Waals surface area contributed by atoms with Crippen molar-refractivity contribution in [2.45, 2.75) is 56.4 Å². The summed E-state index contributed by atoms with van der Waals surface area (Å²) in [5, 5.41) is 3.41. The molecule has 0 bridgehead atoms. The molecule has 0 spiro atoms. The van der Waals surface area contributed by atoms with Crippen LogP contribution in [0.1, 0.15) is 54.8 Å². The quantitative estimate of drug-likeness (QED) is 0.793. The van der Waals surface area contributed by atoms with Gasteiger partial charge in [-0.05, 0) is 50.9 Å². The van der Waals surface area contributed by atoms with Crippen molar-refractivity contribution in [2.75, 3.05) is 13.6 Å². The highest BCUT2D eigenvalue weighted by Crippen LogP contribution is 2.47. The van der Waals surface area contributed by atoms with Gasteiger partial charge in [-0.1, -0.05) is 31.0 Å². The number of hydrogen-bond acceptors (Lipinski definition) is 3. The Hall–Kier alpha value is -1.26. The van der Waals surface area contributed by atoms with Gasteiger partial charge in [0.1, 0.15) is 5.82 Å². The minimum atomic E-state index is -0.207. The second-order valence-electron chi connectivity index (χ2n) is 7.38. The van der Waals surface area contributed by atoms with Gasteiger partial charge in [-0.25, -0.2) is 9.37 Å². The summed E-state index contributed by atoms with van der Waals surface area (Å²) in [4.78, 5) is 7.45. The highest BCUT2D eigenvalue weighted by Gasteiger charge is 2.41. The number of likely N-dealkylation sites (tertiary alicyclic amines) is 1. The molecule has 4 heteroatoms. The molecule has 2 nitrogen and oxygen atoms in total. The average molecular weight is 344 g/mol. The van der Waals surface area contributed by atoms with Gasteiger partial charge in [-0.15, -0.1) is 11.3 Å². The summed E-state index contributed by atoms with van der Waals surface area (Å²) < 4.78 is 14.5. The number of rotatable bonds is 4. The van der Waals surface area contributed by atoms with Crippen LogP contribution in [0.3, 0.4) is 0 Å². The Morgan fingerprint density at radius 1 is 1.25 bits per heavy atom. The molecule has 1 saturated heterocycles. The van der Waals surface area contributed by atoms with Crippen molar-refractivity contribution in [2.24, 2.45) is 0 Å². The molecule has 1 aliphatic heterocycles. The molecule has 0 N–H and O–H groups in total. The van der Waals surface area contributed by atoms with Crippen molar-refractivity contribution in [1.82, 2.24) is 9.88 Å². The summed E-state index contributed by atoms with van der Waals surface area (Å²) >= 11 is 1.76. The normalized spacial score (nSPS) is 23.8. The molecule has 4 rings (SSSR count). The van der Waals surface area contributed by atoms with E-state index in [1.807, 2.05) is 12.1 Å². The molecular weight excluding hydrogens is 319 g/mol. The third-order valence-electron chi connectivity index (χ3n) is 5.97. The fourth-order valence-electron chi connectivity index (χ4n) is 4.55. The lowest BCUT2D eigenvalue weighted by atomic mass is 9.76. The molecule has 2 aliphatic rings. The maximum absolute atomic E-state index is 14.5. The first kappa shape index (κ1) is 16.2. The highest BCUT2D eigenvalue weighted by molar-refractivity contribution is 7.09. The molecule has 1 atom stereocenters. The predicted molar refractivity (Wildman–Crippen MR) is 97.1 cm³/mol. The molecule has 2 fully saturated rings. The van der Waals surface area contributed by atoms with Gasteiger partial charge in [-0.2, -0.15) is 0 Å². The van der Waals surface area contributed by atoms with Crippen LogP contribution in [0.5, 0.6) is 0 Å². The van der Waals surface area contributed by atoms with Crippen LogP contribution in [0.25, 0.3) is 0 Å². The lowest BCUT2D eigenvalue weighted by Gasteiger charge is -2.28. The molecule has 2 aromatic rings. The maximum atomic E-state index is 14.5. The van der Waals surface area contributed by atoms with E-state index in [1.54, 1.807) is 23.5 Å². The van der Waals surface area contributed by atoms with E-state index >= 15 is 0 Å². The zero-order valence-electron chi connectivity index (χ0n) is 14.3. The molecule has 1 unspecified atom stereocenters. The first-order valence-electron chi connectivity index (χ1n) is 9.09. The minimum absolute atomic E-state index is 0.0792. The van der Waals surface area contributed by atoms with Crippen LogP contribution in [0.4, 0.5) is 4.39 Å². The van der Waals surface area contributed by atoms with Crippen molar-refractivity contribution in [1.29, 1.82) is 0 Å². The first-order chi connectivity index (χ1) is 11.7. The van der Waals surface area contributed by atoms with Crippen LogP contribution >= 0.6 is 11.3 Å². The Morgan fingerprint density at radius 2 is 2.04 bits per heavy atom. The van der Waals surface area contributed by atoms with E-state index in [0.29, 0.717) is 6.04 Å². The number of aromatic nitrogens is 1. The van der Waals surface area contributed by atoms with Crippen molar-refractivity contribution in [3.8, 4) is 0 Å². The van der Waals surface area contributed by atoms with Gasteiger partial charge in [0, 0.05) is 23.3 Å². The van der Waals surface area contributed by atoms with Gasteiger partial charge in [0.05, 0.1) is 10.7 Å². The second-order valence-corrected chi connectivity index (χ2v) is 8.32. The third-order valence-corrected chi connectivity index (χ3v) is 6.84. The Kier molecular flexibility index (Phi) is 4.44. The van der Waals surface area contributed by atoms with Gasteiger partial charge in [-0.3, -0.25) is 0 Å². The van der Waals surface area contributed by atoms with Crippen LogP contribution < -0.4 is 0 Å². The Bertz CT molecular complexity index is 705. The Labute approximate surface area is 147 Å². The van der Waals surface area contributed by atoms with Crippen LogP contribution in [0.15, 0.2) is 29.6 Å². The van der Waals surface area contributed by atoms with Crippen molar-refractivity contribution < 1.29 is 4.39 Å². The minimum Gasteiger partial charge on any atom is -0.303 e. The summed E-state index contributed by atoms with van der Waals surface area (Å²) in [5.74, 6) is -0.0792. The zero-order valence-corrected chi connectivity index (χ0v) is 15.1. The Morgan fingerprint density at radius 3 is 2.75 bits per heavy atom. The molecule has 1 aromatic carbocycles. The zero-order chi connectivity index (χ0) is 16.6. The molecule has 2 heterocycles. The largest absolute Gasteiger partial charge is 0.303 e. The lowest BCUT2D eigenvalue weighted by molar-refractivity contribution is 0.309. The summed E-state index contributed by atoms with van der Waals surface area (Å²) in [5.41, 5.74) is 1.74. The van der Waals surface area contributed by atoms with Crippen molar-refractivity contribution >= 4 is 11.3 Å². The van der Waals surface area contributed by atoms with Gasteiger partial charge in [0.25, 0.3) is 0 Å². The average Bonchev–Trinajstić information content (AvgIpc) is 3.31. The van der Waals surface area contributed by atoms with E-state index < -0.39 is 0 Å². The summed E-state index contributed by atoms with van der Waals surface area (Å²) in [6.45, 7) is 1.20. The number of benzene rings is 1. The van der Waals surface area contributed by atoms with Gasteiger partial charge < -0.3 is 4.90 Å². The topological polar surface area (TPSA) is 16.1 Å². The standard InChI is InChI=1S/C20H25FN2S/c1-23-12-6-7-15(23)13-19-22-18(14-24-19)20(10-4-5-11-20)16-8-2-3-9-17(16)21/h2-3,8-9,14-15H,4-7,10-13H2,1H3. The molecule has 1 saturated carbocycles. The van der Waals surface area contributed by atoms with Crippen LogP contribution in [-0.2, 0) is 11.8 Å². The van der Waals surface area contributed by atoms with Crippen molar-refractivity contribution in [3.63, 3.8) is 0 Å². The molecule has 1 aromatic heterocycles. The lowest BCUT2D eigenvalue weighted by Crippen LogP contribution is -2.27. The molecule has 128 valence electrons. The van der Waals surface area contributed by atoms with E-state index in [1.165, 1.54) is 24.4 Å². The summed E-state index contributed by atoms with van der Waals surface area (Å²) in [7, 11) is 2.21. The number of thiazole rings is 1. The van der Waals surface area contributed by atoms with E-state index in [2.05, 4.69) is 17.3 Å². The molecule has 0 amide bonds. The van der Waals surface area contributed by atoms with E-state index in [-0.39, 0.29) is 11.2 Å². The second kappa shape index (κ2) is 6.57. The fourth-order valence-corrected chi connectivity index (χ4v) is 5.52. The fraction of sp³-hybridized carbons (Fsp3) is 0.550. The number of halogens is 1. The summed E-state index contributed by atoms with van der Waals surface area (Å²) in [6, 6.07) is 7.92. The van der Waals surface area contributed by atoms with Crippen molar-refractivity contribution in [3.05, 3.63) is 51.7 Å². The molecule has 24 heavy (non-hydrogen) atoms. The third kappa shape index (κ3) is 2.80. The molecular formula is C20H25FN2S. The maximum Gasteiger partial charge on any atom is 0.127 e. The van der Waals surface area contributed by atoms with E-state index in [0.717, 1.165) is 43.4 Å². The molecule has 0 radical (unpaired) electrons. The van der Waals surface area contributed by atoms with Crippen LogP contribution in [-0.4, -0.2) is 29.5 Å². The van der Waals surface area contributed by atoms with Gasteiger partial charge in [0.2, 0.25) is 0 Å². The first-order valence-corrected chi connectivity index (χ1v) is 9.97. The highest BCUT2D eigenvalue weighted by atomic mass is 32.1. The SMILES string of the molecule is CN1CCCC1Cc1nc(C2(c3ccccc3F)CCCC2)cs1. The Balaban J connectivity index is 1.64. The summed E-state index contributed by atoms with van der Waals surface area (Å²) in [6.07, 6.45) is 7.94. The van der Waals surface area contributed by atoms with Crippen LogP contribution in [0.2, 0.25) is 0 Å². The predicted octanol–water partition coefficient (Wildman–Crippen LogP) is 4.78. The van der Waals surface area contributed by atoms with Gasteiger partial charge in [0.15, 0.2) is 0 Å².